The fraction of sp³-hybridized carbons (Fsp3) is 0.417. The van der Waals surface area contributed by atoms with Crippen LogP contribution in [0.15, 0.2) is 6.07 Å². The number of methoxy groups -OCH3 is 1. The Morgan fingerprint density at radius 1 is 1.44 bits per heavy atom. The second-order valence-corrected chi connectivity index (χ2v) is 3.68. The van der Waals surface area contributed by atoms with Gasteiger partial charge in [0.05, 0.1) is 19.2 Å². The van der Waals surface area contributed by atoms with Gasteiger partial charge in [-0.05, 0) is 38.1 Å². The Labute approximate surface area is 95.2 Å². The maximum absolute atomic E-state index is 11.7. The van der Waals surface area contributed by atoms with Crippen LogP contribution < -0.4 is 10.1 Å². The Morgan fingerprint density at radius 3 is 2.56 bits per heavy atom. The average Bonchev–Trinajstić information content (AvgIpc) is 2.27. The summed E-state index contributed by atoms with van der Waals surface area (Å²) in [7, 11) is 3.23. The van der Waals surface area contributed by atoms with Gasteiger partial charge in [-0.3, -0.25) is 4.79 Å². The van der Waals surface area contributed by atoms with Crippen LogP contribution in [0.1, 0.15) is 21.5 Å². The molecule has 0 radical (unpaired) electrons. The summed E-state index contributed by atoms with van der Waals surface area (Å²) in [6.45, 7) is 3.81. The number of aromatic hydroxyl groups is 1. The number of ether oxygens (including phenoxy) is 1. The highest BCUT2D eigenvalue weighted by atomic mass is 16.5. The molecule has 0 aliphatic heterocycles. The zero-order valence-electron chi connectivity index (χ0n) is 10.0. The number of ketones is 1. The molecular formula is C12H17NO3. The van der Waals surface area contributed by atoms with Gasteiger partial charge in [-0.25, -0.2) is 0 Å². The van der Waals surface area contributed by atoms with E-state index < -0.39 is 0 Å². The third kappa shape index (κ3) is 2.17. The van der Waals surface area contributed by atoms with Crippen LogP contribution in [0.2, 0.25) is 0 Å². The molecule has 2 N–H and O–H groups in total. The highest BCUT2D eigenvalue weighted by Crippen LogP contribution is 2.32. The van der Waals surface area contributed by atoms with Crippen LogP contribution in [-0.2, 0) is 0 Å². The van der Waals surface area contributed by atoms with Gasteiger partial charge in [-0.15, -0.1) is 0 Å². The summed E-state index contributed by atoms with van der Waals surface area (Å²) < 4.78 is 5.17. The number of carbonyl (C=O) groups excluding carboxylic acids is 1. The number of hydrogen-bond donors (Lipinski definition) is 2. The average molecular weight is 223 g/mol. The normalized spacial score (nSPS) is 10.2. The quantitative estimate of drug-likeness (QED) is 0.758. The molecule has 16 heavy (non-hydrogen) atoms. The molecule has 0 unspecified atom stereocenters. The molecular weight excluding hydrogens is 206 g/mol. The summed E-state index contributed by atoms with van der Waals surface area (Å²) in [5, 5.41) is 12.7. The van der Waals surface area contributed by atoms with Crippen molar-refractivity contribution < 1.29 is 14.6 Å². The van der Waals surface area contributed by atoms with Crippen molar-refractivity contribution in [1.29, 1.82) is 0 Å². The number of nitrogens with one attached hydrogen (secondary N) is 1. The predicted octanol–water partition coefficient (Wildman–Crippen LogP) is 1.42. The number of benzene rings is 1. The molecule has 1 aromatic carbocycles. The smallest absolute Gasteiger partial charge is 0.180 e. The molecule has 0 bridgehead atoms. The SMILES string of the molecule is CNCC(=O)c1cc(OC)c(C)c(C)c1O. The minimum absolute atomic E-state index is 0.0403. The van der Waals surface area contributed by atoms with Gasteiger partial charge in [-0.1, -0.05) is 0 Å². The van der Waals surface area contributed by atoms with Gasteiger partial charge in [0.2, 0.25) is 0 Å². The van der Waals surface area contributed by atoms with Gasteiger partial charge in [0, 0.05) is 0 Å². The van der Waals surface area contributed by atoms with Crippen molar-refractivity contribution in [1.82, 2.24) is 5.32 Å². The zero-order chi connectivity index (χ0) is 12.3. The lowest BCUT2D eigenvalue weighted by Crippen LogP contribution is -2.19. The molecule has 0 saturated carbocycles. The lowest BCUT2D eigenvalue weighted by atomic mass is 10.0. The van der Waals surface area contributed by atoms with Crippen LogP contribution >= 0.6 is 0 Å². The Hall–Kier alpha value is -1.55. The summed E-state index contributed by atoms with van der Waals surface area (Å²) >= 11 is 0. The first kappa shape index (κ1) is 12.5. The second kappa shape index (κ2) is 4.99. The molecule has 88 valence electrons. The lowest BCUT2D eigenvalue weighted by Gasteiger charge is -2.13. The molecule has 0 atom stereocenters. The largest absolute Gasteiger partial charge is 0.507 e. The van der Waals surface area contributed by atoms with Crippen molar-refractivity contribution in [2.45, 2.75) is 13.8 Å². The summed E-state index contributed by atoms with van der Waals surface area (Å²) in [5.41, 5.74) is 1.83. The molecule has 0 fully saturated rings. The maximum atomic E-state index is 11.7. The number of likely N-dealkylation sites (N-methyl/N-ethyl adjacent to an activating group) is 1. The first-order valence-corrected chi connectivity index (χ1v) is 5.07. The fourth-order valence-electron chi connectivity index (χ4n) is 1.55. The van der Waals surface area contributed by atoms with E-state index in [1.54, 1.807) is 27.1 Å². The molecule has 0 spiro atoms. The van der Waals surface area contributed by atoms with E-state index in [1.807, 2.05) is 6.92 Å². The van der Waals surface area contributed by atoms with Crippen molar-refractivity contribution in [2.75, 3.05) is 20.7 Å². The van der Waals surface area contributed by atoms with Crippen molar-refractivity contribution >= 4 is 5.78 Å². The standard InChI is InChI=1S/C12H17NO3/c1-7-8(2)12(15)9(5-11(7)16-4)10(14)6-13-3/h5,13,15H,6H2,1-4H3. The minimum Gasteiger partial charge on any atom is -0.507 e. The number of carbonyl (C=O) groups is 1. The van der Waals surface area contributed by atoms with E-state index in [-0.39, 0.29) is 18.1 Å². The predicted molar refractivity (Wildman–Crippen MR) is 62.4 cm³/mol. The Kier molecular flexibility index (Phi) is 3.90. The van der Waals surface area contributed by atoms with E-state index in [4.69, 9.17) is 4.74 Å². The summed E-state index contributed by atoms with van der Waals surface area (Å²) in [6.07, 6.45) is 0. The molecule has 0 saturated heterocycles. The van der Waals surface area contributed by atoms with Gasteiger partial charge < -0.3 is 15.2 Å². The third-order valence-electron chi connectivity index (χ3n) is 2.68. The van der Waals surface area contributed by atoms with E-state index in [9.17, 15) is 9.90 Å². The van der Waals surface area contributed by atoms with Gasteiger partial charge in [0.15, 0.2) is 5.78 Å². The van der Waals surface area contributed by atoms with Gasteiger partial charge in [-0.2, -0.15) is 0 Å². The number of hydrogen-bond acceptors (Lipinski definition) is 4. The first-order valence-electron chi connectivity index (χ1n) is 5.07. The molecule has 0 aliphatic carbocycles. The minimum atomic E-state index is -0.151. The Morgan fingerprint density at radius 2 is 2.06 bits per heavy atom. The van der Waals surface area contributed by atoms with Crippen LogP contribution in [0.25, 0.3) is 0 Å². The second-order valence-electron chi connectivity index (χ2n) is 3.68. The van der Waals surface area contributed by atoms with Crippen LogP contribution in [0.4, 0.5) is 0 Å². The van der Waals surface area contributed by atoms with E-state index in [0.29, 0.717) is 16.9 Å². The molecule has 0 aliphatic rings. The number of rotatable bonds is 4. The van der Waals surface area contributed by atoms with Gasteiger partial charge in [0.1, 0.15) is 11.5 Å². The topological polar surface area (TPSA) is 58.6 Å². The van der Waals surface area contributed by atoms with E-state index >= 15 is 0 Å². The van der Waals surface area contributed by atoms with Crippen LogP contribution in [0, 0.1) is 13.8 Å². The highest BCUT2D eigenvalue weighted by molar-refractivity contribution is 6.01. The third-order valence-corrected chi connectivity index (χ3v) is 2.68. The van der Waals surface area contributed by atoms with Crippen LogP contribution in [-0.4, -0.2) is 31.6 Å². The summed E-state index contributed by atoms with van der Waals surface area (Å²) in [4.78, 5) is 11.7. The monoisotopic (exact) mass is 223 g/mol. The van der Waals surface area contributed by atoms with Crippen molar-refractivity contribution in [3.8, 4) is 11.5 Å². The molecule has 0 heterocycles. The molecule has 0 aromatic heterocycles. The summed E-state index contributed by atoms with van der Waals surface area (Å²) in [5.74, 6) is 0.509. The van der Waals surface area contributed by atoms with Crippen molar-refractivity contribution in [3.63, 3.8) is 0 Å². The zero-order valence-corrected chi connectivity index (χ0v) is 10.0. The van der Waals surface area contributed by atoms with Crippen molar-refractivity contribution in [3.05, 3.63) is 22.8 Å². The molecule has 1 aromatic rings. The number of phenolic OH excluding ortho intramolecular Hbond substituents is 1. The van der Waals surface area contributed by atoms with Crippen LogP contribution in [0.5, 0.6) is 11.5 Å². The number of phenols is 1. The highest BCUT2D eigenvalue weighted by Gasteiger charge is 2.17. The number of Topliss-reactive ketones (excluding diaryl/α,β-unsaturated/α-hetero) is 1. The Bertz CT molecular complexity index is 413. The first-order chi connectivity index (χ1) is 7.52. The molecule has 4 heteroatoms. The molecule has 4 nitrogen and oxygen atoms in total. The molecule has 1 rings (SSSR count). The van der Waals surface area contributed by atoms with Gasteiger partial charge in [0.25, 0.3) is 0 Å². The summed E-state index contributed by atoms with van der Waals surface area (Å²) in [6, 6.07) is 1.58. The Balaban J connectivity index is 3.29. The van der Waals surface area contributed by atoms with Gasteiger partial charge >= 0.3 is 0 Å². The van der Waals surface area contributed by atoms with E-state index in [0.717, 1.165) is 5.56 Å². The fourth-order valence-corrected chi connectivity index (χ4v) is 1.55. The van der Waals surface area contributed by atoms with E-state index in [1.165, 1.54) is 0 Å². The maximum Gasteiger partial charge on any atom is 0.180 e. The van der Waals surface area contributed by atoms with Crippen LogP contribution in [0.3, 0.4) is 0 Å². The molecule has 0 amide bonds. The van der Waals surface area contributed by atoms with Crippen molar-refractivity contribution in [2.24, 2.45) is 0 Å². The van der Waals surface area contributed by atoms with E-state index in [2.05, 4.69) is 5.32 Å². The lowest BCUT2D eigenvalue weighted by molar-refractivity contribution is 0.0990.